The minimum absolute atomic E-state index is 0.169. The first kappa shape index (κ1) is 17.9. The van der Waals surface area contributed by atoms with Crippen LogP contribution >= 0.6 is 0 Å². The summed E-state index contributed by atoms with van der Waals surface area (Å²) in [7, 11) is 1.59. The van der Waals surface area contributed by atoms with Crippen molar-refractivity contribution in [1.29, 1.82) is 0 Å². The van der Waals surface area contributed by atoms with E-state index in [4.69, 9.17) is 14.6 Å². The molecule has 26 heavy (non-hydrogen) atoms. The van der Waals surface area contributed by atoms with Gasteiger partial charge in [-0.3, -0.25) is 9.59 Å². The van der Waals surface area contributed by atoms with E-state index in [1.807, 2.05) is 12.1 Å². The summed E-state index contributed by atoms with van der Waals surface area (Å²) in [5.74, 6) is -0.596. The number of rotatable bonds is 5. The van der Waals surface area contributed by atoms with Crippen molar-refractivity contribution < 1.29 is 24.2 Å². The van der Waals surface area contributed by atoms with Crippen LogP contribution in [0.1, 0.15) is 22.6 Å². The third kappa shape index (κ3) is 3.52. The molecule has 1 unspecified atom stereocenters. The fourth-order valence-corrected chi connectivity index (χ4v) is 2.92. The lowest BCUT2D eigenvalue weighted by Crippen LogP contribution is -2.49. The van der Waals surface area contributed by atoms with E-state index in [1.54, 1.807) is 30.8 Å². The van der Waals surface area contributed by atoms with Crippen molar-refractivity contribution in [2.75, 3.05) is 26.9 Å². The van der Waals surface area contributed by atoms with Gasteiger partial charge < -0.3 is 19.5 Å². The maximum atomic E-state index is 12.9. The molecule has 1 atom stereocenters. The van der Waals surface area contributed by atoms with E-state index in [0.29, 0.717) is 24.6 Å². The van der Waals surface area contributed by atoms with Crippen LogP contribution in [0, 0.1) is 6.92 Å². The van der Waals surface area contributed by atoms with E-state index in [9.17, 15) is 9.59 Å². The van der Waals surface area contributed by atoms with E-state index in [-0.39, 0.29) is 24.6 Å². The van der Waals surface area contributed by atoms with Crippen LogP contribution in [0.2, 0.25) is 0 Å². The Hall–Kier alpha value is -2.94. The number of methoxy groups -OCH3 is 1. The molecule has 0 saturated carbocycles. The number of ether oxygens (including phenoxy) is 2. The predicted octanol–water partition coefficient (Wildman–Crippen LogP) is 0.900. The number of carboxylic acid groups (broad SMARTS) is 1. The van der Waals surface area contributed by atoms with Crippen LogP contribution in [-0.4, -0.2) is 69.8 Å². The van der Waals surface area contributed by atoms with Crippen LogP contribution in [-0.2, 0) is 9.53 Å². The summed E-state index contributed by atoms with van der Waals surface area (Å²) >= 11 is 0. The molecule has 1 aliphatic heterocycles. The number of nitrogens with zero attached hydrogens (tertiary/aromatic N) is 4. The third-order valence-corrected chi connectivity index (χ3v) is 4.31. The molecule has 9 nitrogen and oxygen atoms in total. The number of hydrogen-bond donors (Lipinski definition) is 1. The van der Waals surface area contributed by atoms with Crippen LogP contribution in [0.4, 0.5) is 0 Å². The Morgan fingerprint density at radius 2 is 2.08 bits per heavy atom. The number of amides is 1. The van der Waals surface area contributed by atoms with Gasteiger partial charge in [-0.1, -0.05) is 5.21 Å². The minimum Gasteiger partial charge on any atom is -0.497 e. The topological polar surface area (TPSA) is 107 Å². The Bertz CT molecular complexity index is 802. The van der Waals surface area contributed by atoms with Gasteiger partial charge in [0.05, 0.1) is 44.2 Å². The lowest BCUT2D eigenvalue weighted by Gasteiger charge is -2.34. The van der Waals surface area contributed by atoms with Crippen molar-refractivity contribution in [3.63, 3.8) is 0 Å². The van der Waals surface area contributed by atoms with Crippen LogP contribution in [0.3, 0.4) is 0 Å². The van der Waals surface area contributed by atoms with Gasteiger partial charge in [-0.25, -0.2) is 4.68 Å². The molecule has 1 fully saturated rings. The minimum atomic E-state index is -0.975. The molecule has 9 heteroatoms. The zero-order valence-corrected chi connectivity index (χ0v) is 14.6. The quantitative estimate of drug-likeness (QED) is 0.844. The molecule has 1 saturated heterocycles. The summed E-state index contributed by atoms with van der Waals surface area (Å²) in [6.45, 7) is 2.65. The molecule has 2 aromatic rings. The van der Waals surface area contributed by atoms with Gasteiger partial charge >= 0.3 is 5.97 Å². The summed E-state index contributed by atoms with van der Waals surface area (Å²) in [5.41, 5.74) is 1.54. The van der Waals surface area contributed by atoms with Crippen LogP contribution in [0.5, 0.6) is 5.75 Å². The Balaban J connectivity index is 1.85. The second kappa shape index (κ2) is 7.52. The molecule has 1 N–H and O–H groups in total. The number of carboxylic acids is 1. The molecule has 1 aromatic heterocycles. The second-order valence-corrected chi connectivity index (χ2v) is 5.96. The third-order valence-electron chi connectivity index (χ3n) is 4.31. The number of aliphatic carboxylic acids is 1. The smallest absolute Gasteiger partial charge is 0.305 e. The summed E-state index contributed by atoms with van der Waals surface area (Å²) in [5, 5.41) is 17.1. The van der Waals surface area contributed by atoms with Gasteiger partial charge in [0.15, 0.2) is 5.69 Å². The number of carbonyl (C=O) groups is 2. The predicted molar refractivity (Wildman–Crippen MR) is 90.5 cm³/mol. The molecule has 0 aliphatic carbocycles. The van der Waals surface area contributed by atoms with Crippen LogP contribution < -0.4 is 4.74 Å². The van der Waals surface area contributed by atoms with E-state index < -0.39 is 12.0 Å². The Labute approximate surface area is 150 Å². The summed E-state index contributed by atoms with van der Waals surface area (Å²) in [6.07, 6.45) is -0.169. The molecule has 0 bridgehead atoms. The van der Waals surface area contributed by atoms with Crippen molar-refractivity contribution >= 4 is 11.9 Å². The van der Waals surface area contributed by atoms with Crippen molar-refractivity contribution in [1.82, 2.24) is 19.9 Å². The van der Waals surface area contributed by atoms with Gasteiger partial charge in [-0.15, -0.1) is 5.10 Å². The first-order chi connectivity index (χ1) is 12.5. The van der Waals surface area contributed by atoms with Crippen molar-refractivity contribution in [2.45, 2.75) is 19.4 Å². The SMILES string of the molecule is COc1ccc(-n2nnc(C(=O)N3CCOCC3CC(=O)O)c2C)cc1. The van der Waals surface area contributed by atoms with E-state index in [1.165, 1.54) is 4.90 Å². The van der Waals surface area contributed by atoms with Gasteiger partial charge in [0.2, 0.25) is 0 Å². The molecule has 0 spiro atoms. The van der Waals surface area contributed by atoms with E-state index in [0.717, 1.165) is 5.69 Å². The number of benzene rings is 1. The Morgan fingerprint density at radius 1 is 1.35 bits per heavy atom. The van der Waals surface area contributed by atoms with Gasteiger partial charge in [0.25, 0.3) is 5.91 Å². The molecule has 1 amide bonds. The average molecular weight is 360 g/mol. The highest BCUT2D eigenvalue weighted by atomic mass is 16.5. The highest BCUT2D eigenvalue weighted by Gasteiger charge is 2.32. The van der Waals surface area contributed by atoms with Crippen LogP contribution in [0.15, 0.2) is 24.3 Å². The van der Waals surface area contributed by atoms with Crippen molar-refractivity contribution in [2.24, 2.45) is 0 Å². The zero-order valence-electron chi connectivity index (χ0n) is 14.6. The normalized spacial score (nSPS) is 17.2. The average Bonchev–Trinajstić information content (AvgIpc) is 3.02. The van der Waals surface area contributed by atoms with E-state index >= 15 is 0 Å². The van der Waals surface area contributed by atoms with Gasteiger partial charge in [-0.2, -0.15) is 0 Å². The second-order valence-electron chi connectivity index (χ2n) is 5.96. The first-order valence-electron chi connectivity index (χ1n) is 8.18. The molecular formula is C17H20N4O5. The maximum absolute atomic E-state index is 12.9. The first-order valence-corrected chi connectivity index (χ1v) is 8.18. The van der Waals surface area contributed by atoms with Crippen molar-refractivity contribution in [3.8, 4) is 11.4 Å². The standard InChI is InChI=1S/C17H20N4O5/c1-11-16(17(24)20-7-8-26-10-13(20)9-15(22)23)18-19-21(11)12-3-5-14(25-2)6-4-12/h3-6,13H,7-10H2,1-2H3,(H,22,23). The molecule has 1 aromatic carbocycles. The van der Waals surface area contributed by atoms with Gasteiger partial charge in [0.1, 0.15) is 5.75 Å². The molecule has 138 valence electrons. The lowest BCUT2D eigenvalue weighted by molar-refractivity contribution is -0.139. The zero-order chi connectivity index (χ0) is 18.7. The number of aromatic nitrogens is 3. The monoisotopic (exact) mass is 360 g/mol. The maximum Gasteiger partial charge on any atom is 0.305 e. The van der Waals surface area contributed by atoms with E-state index in [2.05, 4.69) is 10.3 Å². The Kier molecular flexibility index (Phi) is 5.17. The Morgan fingerprint density at radius 3 is 2.73 bits per heavy atom. The fourth-order valence-electron chi connectivity index (χ4n) is 2.92. The van der Waals surface area contributed by atoms with Gasteiger partial charge in [-0.05, 0) is 31.2 Å². The molecule has 0 radical (unpaired) electrons. The summed E-state index contributed by atoms with van der Waals surface area (Å²) in [4.78, 5) is 25.5. The summed E-state index contributed by atoms with van der Waals surface area (Å²) in [6, 6.07) is 6.71. The largest absolute Gasteiger partial charge is 0.497 e. The lowest BCUT2D eigenvalue weighted by atomic mass is 10.1. The molecule has 3 rings (SSSR count). The number of carbonyl (C=O) groups excluding carboxylic acids is 1. The fraction of sp³-hybridized carbons (Fsp3) is 0.412. The number of hydrogen-bond acceptors (Lipinski definition) is 6. The molecule has 1 aliphatic rings. The number of morpholine rings is 1. The van der Waals surface area contributed by atoms with Gasteiger partial charge in [0, 0.05) is 6.54 Å². The highest BCUT2D eigenvalue weighted by molar-refractivity contribution is 5.94. The summed E-state index contributed by atoms with van der Waals surface area (Å²) < 4.78 is 12.0. The van der Waals surface area contributed by atoms with Crippen molar-refractivity contribution in [3.05, 3.63) is 35.7 Å². The highest BCUT2D eigenvalue weighted by Crippen LogP contribution is 2.19. The van der Waals surface area contributed by atoms with Crippen LogP contribution in [0.25, 0.3) is 5.69 Å². The molecule has 2 heterocycles. The molecular weight excluding hydrogens is 340 g/mol.